The fraction of sp³-hybridized carbons (Fsp3) is 0.500. The van der Waals surface area contributed by atoms with Crippen LogP contribution in [0.25, 0.3) is 10.8 Å². The van der Waals surface area contributed by atoms with E-state index in [9.17, 15) is 4.79 Å². The normalized spacial score (nSPS) is 14.8. The van der Waals surface area contributed by atoms with Crippen molar-refractivity contribution in [2.45, 2.75) is 32.2 Å². The number of hydrogen-bond donors (Lipinski definition) is 1. The fourth-order valence-electron chi connectivity index (χ4n) is 2.74. The Balaban J connectivity index is 0.00000144. The summed E-state index contributed by atoms with van der Waals surface area (Å²) in [5.74, 6) is 1.81. The number of aromatic nitrogens is 1. The van der Waals surface area contributed by atoms with Gasteiger partial charge in [0, 0.05) is 24.5 Å². The van der Waals surface area contributed by atoms with Crippen LogP contribution in [0.3, 0.4) is 0 Å². The Morgan fingerprint density at radius 2 is 2.08 bits per heavy atom. The van der Waals surface area contributed by atoms with Crippen LogP contribution in [-0.4, -0.2) is 42.0 Å². The summed E-state index contributed by atoms with van der Waals surface area (Å²) in [6.07, 6.45) is 2.42. The van der Waals surface area contributed by atoms with Gasteiger partial charge in [-0.2, -0.15) is 0 Å². The van der Waals surface area contributed by atoms with E-state index in [0.717, 1.165) is 48.2 Å². The van der Waals surface area contributed by atoms with E-state index in [4.69, 9.17) is 4.42 Å². The molecule has 1 aliphatic heterocycles. The summed E-state index contributed by atoms with van der Waals surface area (Å²) in [7, 11) is 1.98. The van der Waals surface area contributed by atoms with Gasteiger partial charge in [0.05, 0.1) is 12.1 Å². The number of amides is 1. The number of nitrogens with zero attached hydrogens (tertiary/aromatic N) is 2. The number of carbonyl (C=O) groups is 1. The molecule has 0 atom stereocenters. The molecule has 134 valence electrons. The molecule has 2 aromatic rings. The van der Waals surface area contributed by atoms with Crippen LogP contribution in [0, 0.1) is 6.92 Å². The minimum absolute atomic E-state index is 0. The topological polar surface area (TPSA) is 58.4 Å². The fourth-order valence-corrected chi connectivity index (χ4v) is 3.51. The lowest BCUT2D eigenvalue weighted by atomic mass is 10.0. The summed E-state index contributed by atoms with van der Waals surface area (Å²) in [5.41, 5.74) is 0.829. The Hall–Kier alpha value is -1.08. The molecule has 5 nitrogen and oxygen atoms in total. The number of nitrogens with one attached hydrogen (secondary N) is 1. The Labute approximate surface area is 158 Å². The highest BCUT2D eigenvalue weighted by Crippen LogP contribution is 2.26. The summed E-state index contributed by atoms with van der Waals surface area (Å²) in [6.45, 7) is 3.58. The number of carbonyl (C=O) groups excluding carboxylic acids is 1. The third-order valence-electron chi connectivity index (χ3n) is 4.09. The van der Waals surface area contributed by atoms with Gasteiger partial charge in [0.25, 0.3) is 0 Å². The van der Waals surface area contributed by atoms with Crippen LogP contribution < -0.4 is 5.32 Å². The zero-order valence-corrected chi connectivity index (χ0v) is 16.2. The average molecular weight is 392 g/mol. The van der Waals surface area contributed by atoms with E-state index in [1.54, 1.807) is 0 Å². The number of piperidine rings is 1. The Morgan fingerprint density at radius 3 is 2.67 bits per heavy atom. The van der Waals surface area contributed by atoms with Crippen LogP contribution in [0.4, 0.5) is 0 Å². The van der Waals surface area contributed by atoms with Crippen molar-refractivity contribution in [3.05, 3.63) is 29.0 Å². The first-order valence-corrected chi connectivity index (χ1v) is 8.50. The number of thiazole rings is 1. The highest BCUT2D eigenvalue weighted by atomic mass is 35.5. The van der Waals surface area contributed by atoms with Crippen LogP contribution in [0.5, 0.6) is 0 Å². The van der Waals surface area contributed by atoms with Crippen LogP contribution in [0.15, 0.2) is 21.9 Å². The second kappa shape index (κ2) is 9.42. The molecule has 24 heavy (non-hydrogen) atoms. The molecular formula is C16H23Cl2N3O2S. The molecule has 0 radical (unpaired) electrons. The Morgan fingerprint density at radius 1 is 1.38 bits per heavy atom. The van der Waals surface area contributed by atoms with E-state index in [2.05, 4.69) is 10.3 Å². The maximum atomic E-state index is 12.4. The minimum atomic E-state index is 0. The van der Waals surface area contributed by atoms with Gasteiger partial charge in [0.1, 0.15) is 5.76 Å². The van der Waals surface area contributed by atoms with Crippen molar-refractivity contribution in [1.29, 1.82) is 0 Å². The summed E-state index contributed by atoms with van der Waals surface area (Å²) < 4.78 is 5.57. The molecule has 1 amide bonds. The quantitative estimate of drug-likeness (QED) is 0.868. The first-order chi connectivity index (χ1) is 10.7. The van der Waals surface area contributed by atoms with Crippen molar-refractivity contribution in [3.8, 4) is 10.8 Å². The second-order valence-electron chi connectivity index (χ2n) is 5.67. The third-order valence-corrected chi connectivity index (χ3v) is 5.00. The standard InChI is InChI=1S/C16H21N3O2S.2ClH/c1-11-3-4-14(21-11)16-18-13(10-22-16)9-15(20)19-7-5-12(17-2)6-8-19;;/h3-4,10,12,17H,5-9H2,1-2H3;2*1H. The molecule has 2 aromatic heterocycles. The molecule has 3 heterocycles. The van der Waals surface area contributed by atoms with Gasteiger partial charge < -0.3 is 14.6 Å². The van der Waals surface area contributed by atoms with Gasteiger partial charge in [-0.1, -0.05) is 0 Å². The molecule has 0 spiro atoms. The van der Waals surface area contributed by atoms with Gasteiger partial charge in [0.15, 0.2) is 10.8 Å². The lowest BCUT2D eigenvalue weighted by Crippen LogP contribution is -2.44. The van der Waals surface area contributed by atoms with Gasteiger partial charge in [-0.3, -0.25) is 4.79 Å². The highest BCUT2D eigenvalue weighted by molar-refractivity contribution is 7.13. The molecule has 1 fully saturated rings. The molecule has 0 aromatic carbocycles. The SMILES string of the molecule is CNC1CCN(C(=O)Cc2csc(-c3ccc(C)o3)n2)CC1.Cl.Cl. The van der Waals surface area contributed by atoms with E-state index in [-0.39, 0.29) is 30.7 Å². The molecule has 3 rings (SSSR count). The van der Waals surface area contributed by atoms with Crippen molar-refractivity contribution in [2.75, 3.05) is 20.1 Å². The molecule has 1 N–H and O–H groups in total. The molecule has 0 aliphatic carbocycles. The minimum Gasteiger partial charge on any atom is -0.459 e. The van der Waals surface area contributed by atoms with E-state index in [0.29, 0.717) is 12.5 Å². The monoisotopic (exact) mass is 391 g/mol. The van der Waals surface area contributed by atoms with Crippen molar-refractivity contribution in [3.63, 3.8) is 0 Å². The van der Waals surface area contributed by atoms with Crippen molar-refractivity contribution >= 4 is 42.1 Å². The van der Waals surface area contributed by atoms with Crippen LogP contribution in [-0.2, 0) is 11.2 Å². The van der Waals surface area contributed by atoms with E-state index in [1.807, 2.05) is 36.4 Å². The maximum absolute atomic E-state index is 12.4. The maximum Gasteiger partial charge on any atom is 0.228 e. The number of furan rings is 1. The number of rotatable bonds is 4. The lowest BCUT2D eigenvalue weighted by molar-refractivity contribution is -0.131. The number of likely N-dealkylation sites (tertiary alicyclic amines) is 1. The Bertz CT molecular complexity index is 651. The molecule has 0 saturated carbocycles. The molecule has 0 unspecified atom stereocenters. The molecule has 8 heteroatoms. The molecule has 1 saturated heterocycles. The van der Waals surface area contributed by atoms with Crippen LogP contribution in [0.1, 0.15) is 24.3 Å². The van der Waals surface area contributed by atoms with Crippen molar-refractivity contribution in [1.82, 2.24) is 15.2 Å². The van der Waals surface area contributed by atoms with Gasteiger partial charge in [-0.15, -0.1) is 36.2 Å². The smallest absolute Gasteiger partial charge is 0.228 e. The largest absolute Gasteiger partial charge is 0.459 e. The summed E-state index contributed by atoms with van der Waals surface area (Å²) in [5, 5.41) is 6.07. The van der Waals surface area contributed by atoms with Gasteiger partial charge in [-0.05, 0) is 38.9 Å². The summed E-state index contributed by atoms with van der Waals surface area (Å²) >= 11 is 1.52. The average Bonchev–Trinajstić information content (AvgIpc) is 3.16. The highest BCUT2D eigenvalue weighted by Gasteiger charge is 2.22. The van der Waals surface area contributed by atoms with Crippen molar-refractivity contribution in [2.24, 2.45) is 0 Å². The van der Waals surface area contributed by atoms with Gasteiger partial charge in [-0.25, -0.2) is 4.98 Å². The van der Waals surface area contributed by atoms with E-state index in [1.165, 1.54) is 11.3 Å². The number of hydrogen-bond acceptors (Lipinski definition) is 5. The van der Waals surface area contributed by atoms with E-state index < -0.39 is 0 Å². The molecular weight excluding hydrogens is 369 g/mol. The lowest BCUT2D eigenvalue weighted by Gasteiger charge is -2.31. The van der Waals surface area contributed by atoms with Gasteiger partial charge in [0.2, 0.25) is 5.91 Å². The first-order valence-electron chi connectivity index (χ1n) is 7.62. The van der Waals surface area contributed by atoms with Crippen molar-refractivity contribution < 1.29 is 9.21 Å². The third kappa shape index (κ3) is 4.96. The second-order valence-corrected chi connectivity index (χ2v) is 6.53. The van der Waals surface area contributed by atoms with Crippen LogP contribution >= 0.6 is 36.2 Å². The van der Waals surface area contributed by atoms with Crippen LogP contribution in [0.2, 0.25) is 0 Å². The number of halogens is 2. The summed E-state index contributed by atoms with van der Waals surface area (Å²) in [4.78, 5) is 18.8. The predicted octanol–water partition coefficient (Wildman–Crippen LogP) is 3.31. The van der Waals surface area contributed by atoms with E-state index >= 15 is 0 Å². The number of aryl methyl sites for hydroxylation is 1. The zero-order chi connectivity index (χ0) is 15.5. The Kier molecular flexibility index (Phi) is 8.22. The van der Waals surface area contributed by atoms with Gasteiger partial charge >= 0.3 is 0 Å². The summed E-state index contributed by atoms with van der Waals surface area (Å²) in [6, 6.07) is 4.38. The first kappa shape index (κ1) is 21.0. The molecule has 0 bridgehead atoms. The predicted molar refractivity (Wildman–Crippen MR) is 101 cm³/mol. The molecule has 1 aliphatic rings. The zero-order valence-electron chi connectivity index (χ0n) is 13.8.